The number of morpholine rings is 1. The average Bonchev–Trinajstić information content (AvgIpc) is 2.55. The second-order valence-corrected chi connectivity index (χ2v) is 5.44. The predicted octanol–water partition coefficient (Wildman–Crippen LogP) is 2.37. The molecule has 0 aliphatic carbocycles. The van der Waals surface area contributed by atoms with Crippen molar-refractivity contribution >= 4 is 5.91 Å². The average molecular weight is 294 g/mol. The first-order valence-corrected chi connectivity index (χ1v) is 7.97. The summed E-state index contributed by atoms with van der Waals surface area (Å²) in [6, 6.07) is 0. The van der Waals surface area contributed by atoms with Crippen LogP contribution in [0, 0.1) is 5.41 Å². The molecule has 0 spiro atoms. The molecular formula is C17H30N2O2. The van der Waals surface area contributed by atoms with Crippen molar-refractivity contribution in [2.75, 3.05) is 39.9 Å². The molecule has 1 N–H and O–H groups in total. The quantitative estimate of drug-likeness (QED) is 0.733. The van der Waals surface area contributed by atoms with Gasteiger partial charge in [0.05, 0.1) is 18.6 Å². The number of allylic oxidation sites excluding steroid dienone is 3. The molecule has 0 radical (unpaired) electrons. The lowest BCUT2D eigenvalue weighted by Gasteiger charge is -2.39. The number of nitrogens with one attached hydrogen (secondary N) is 1. The van der Waals surface area contributed by atoms with Crippen LogP contribution in [0.15, 0.2) is 23.8 Å². The van der Waals surface area contributed by atoms with Crippen molar-refractivity contribution in [3.8, 4) is 0 Å². The molecular weight excluding hydrogens is 264 g/mol. The number of hydrogen-bond acceptors (Lipinski definition) is 3. The molecule has 1 heterocycles. The van der Waals surface area contributed by atoms with E-state index in [0.29, 0.717) is 26.3 Å². The van der Waals surface area contributed by atoms with Crippen molar-refractivity contribution in [1.82, 2.24) is 10.2 Å². The fourth-order valence-electron chi connectivity index (χ4n) is 3.03. The lowest BCUT2D eigenvalue weighted by Crippen LogP contribution is -2.50. The van der Waals surface area contributed by atoms with Gasteiger partial charge in [-0.05, 0) is 45.9 Å². The van der Waals surface area contributed by atoms with Gasteiger partial charge in [0.2, 0.25) is 5.91 Å². The Bertz CT molecular complexity index is 384. The Morgan fingerprint density at radius 1 is 1.33 bits per heavy atom. The van der Waals surface area contributed by atoms with Gasteiger partial charge < -0.3 is 15.0 Å². The first-order chi connectivity index (χ1) is 10.2. The monoisotopic (exact) mass is 294 g/mol. The minimum absolute atomic E-state index is 0.245. The maximum Gasteiger partial charge on any atom is 0.233 e. The molecule has 120 valence electrons. The van der Waals surface area contributed by atoms with Crippen LogP contribution in [0.1, 0.15) is 33.6 Å². The smallest absolute Gasteiger partial charge is 0.233 e. The van der Waals surface area contributed by atoms with Gasteiger partial charge in [-0.15, -0.1) is 0 Å². The molecule has 0 aromatic rings. The Hall–Kier alpha value is -1.13. The zero-order valence-electron chi connectivity index (χ0n) is 13.9. The van der Waals surface area contributed by atoms with Gasteiger partial charge in [-0.2, -0.15) is 0 Å². The molecule has 4 nitrogen and oxygen atoms in total. The fraction of sp³-hybridized carbons (Fsp3) is 0.706. The van der Waals surface area contributed by atoms with Crippen molar-refractivity contribution < 1.29 is 9.53 Å². The Morgan fingerprint density at radius 3 is 2.48 bits per heavy atom. The Balaban J connectivity index is 3.11. The summed E-state index contributed by atoms with van der Waals surface area (Å²) in [5.41, 5.74) is 0.695. The first-order valence-electron chi connectivity index (χ1n) is 7.97. The molecule has 0 aromatic heterocycles. The van der Waals surface area contributed by atoms with Crippen LogP contribution in [-0.2, 0) is 9.53 Å². The molecule has 4 heteroatoms. The molecule has 0 bridgehead atoms. The molecule has 0 aromatic carbocycles. The van der Waals surface area contributed by atoms with Crippen LogP contribution in [0.25, 0.3) is 0 Å². The molecule has 1 rings (SSSR count). The third-order valence-corrected chi connectivity index (χ3v) is 4.32. The van der Waals surface area contributed by atoms with Crippen molar-refractivity contribution in [1.29, 1.82) is 0 Å². The minimum Gasteiger partial charge on any atom is -0.378 e. The second-order valence-electron chi connectivity index (χ2n) is 5.44. The molecule has 1 amide bonds. The molecule has 21 heavy (non-hydrogen) atoms. The molecule has 1 fully saturated rings. The summed E-state index contributed by atoms with van der Waals surface area (Å²) in [6.45, 7) is 9.66. The summed E-state index contributed by atoms with van der Waals surface area (Å²) < 4.78 is 5.38. The lowest BCUT2D eigenvalue weighted by atomic mass is 9.73. The van der Waals surface area contributed by atoms with Gasteiger partial charge in [0, 0.05) is 13.1 Å². The van der Waals surface area contributed by atoms with E-state index in [2.05, 4.69) is 24.4 Å². The van der Waals surface area contributed by atoms with Gasteiger partial charge in [0.15, 0.2) is 0 Å². The number of amides is 1. The van der Waals surface area contributed by atoms with E-state index in [1.54, 1.807) is 0 Å². The molecule has 1 saturated heterocycles. The SMILES string of the molecule is C/C=C\C(=C/C)C(CC)(CCNC)C(=O)N1CCOCC1. The third kappa shape index (κ3) is 4.17. The van der Waals surface area contributed by atoms with Crippen LogP contribution < -0.4 is 5.32 Å². The van der Waals surface area contributed by atoms with E-state index in [-0.39, 0.29) is 5.91 Å². The molecule has 1 atom stereocenters. The van der Waals surface area contributed by atoms with Crippen molar-refractivity contribution in [3.05, 3.63) is 23.8 Å². The van der Waals surface area contributed by atoms with Gasteiger partial charge >= 0.3 is 0 Å². The van der Waals surface area contributed by atoms with Crippen LogP contribution in [0.4, 0.5) is 0 Å². The topological polar surface area (TPSA) is 41.6 Å². The molecule has 1 unspecified atom stereocenters. The van der Waals surface area contributed by atoms with E-state index in [9.17, 15) is 4.79 Å². The van der Waals surface area contributed by atoms with Crippen molar-refractivity contribution in [2.45, 2.75) is 33.6 Å². The maximum atomic E-state index is 13.2. The summed E-state index contributed by atoms with van der Waals surface area (Å²) in [5, 5.41) is 3.19. The van der Waals surface area contributed by atoms with Gasteiger partial charge in [-0.25, -0.2) is 0 Å². The van der Waals surface area contributed by atoms with E-state index < -0.39 is 5.41 Å². The van der Waals surface area contributed by atoms with Crippen LogP contribution in [0.2, 0.25) is 0 Å². The second kappa shape index (κ2) is 9.00. The largest absolute Gasteiger partial charge is 0.378 e. The predicted molar refractivity (Wildman–Crippen MR) is 87.2 cm³/mol. The van der Waals surface area contributed by atoms with Gasteiger partial charge in [0.1, 0.15) is 0 Å². The van der Waals surface area contributed by atoms with Crippen LogP contribution in [0.5, 0.6) is 0 Å². The summed E-state index contributed by atoms with van der Waals surface area (Å²) in [4.78, 5) is 15.2. The summed E-state index contributed by atoms with van der Waals surface area (Å²) in [7, 11) is 1.94. The molecule has 1 aliphatic rings. The molecule has 0 saturated carbocycles. The highest BCUT2D eigenvalue weighted by Gasteiger charge is 2.41. The van der Waals surface area contributed by atoms with Crippen LogP contribution >= 0.6 is 0 Å². The highest BCUT2D eigenvalue weighted by Crippen LogP contribution is 2.38. The third-order valence-electron chi connectivity index (χ3n) is 4.32. The van der Waals surface area contributed by atoms with Gasteiger partial charge in [-0.1, -0.05) is 25.2 Å². The van der Waals surface area contributed by atoms with Crippen molar-refractivity contribution in [2.24, 2.45) is 5.41 Å². The van der Waals surface area contributed by atoms with Crippen LogP contribution in [0.3, 0.4) is 0 Å². The number of hydrogen-bond donors (Lipinski definition) is 1. The zero-order valence-corrected chi connectivity index (χ0v) is 13.9. The van der Waals surface area contributed by atoms with Gasteiger partial charge in [-0.3, -0.25) is 4.79 Å². The van der Waals surface area contributed by atoms with E-state index in [1.165, 1.54) is 0 Å². The number of carbonyl (C=O) groups excluding carboxylic acids is 1. The van der Waals surface area contributed by atoms with E-state index >= 15 is 0 Å². The standard InChI is InChI=1S/C17H30N2O2/c1-5-8-15(6-2)17(7-3,9-10-18-4)16(20)19-11-13-21-14-12-19/h5-6,8,18H,7,9-14H2,1-4H3/b8-5-,15-6+. The zero-order chi connectivity index (χ0) is 15.7. The number of nitrogens with zero attached hydrogens (tertiary/aromatic N) is 1. The Kier molecular flexibility index (Phi) is 7.68. The van der Waals surface area contributed by atoms with E-state index in [1.807, 2.05) is 31.9 Å². The van der Waals surface area contributed by atoms with Crippen LogP contribution in [-0.4, -0.2) is 50.7 Å². The fourth-order valence-corrected chi connectivity index (χ4v) is 3.03. The maximum absolute atomic E-state index is 13.2. The minimum atomic E-state index is -0.429. The number of carbonyl (C=O) groups is 1. The Labute approximate surface area is 129 Å². The number of ether oxygens (including phenoxy) is 1. The molecule has 1 aliphatic heterocycles. The summed E-state index contributed by atoms with van der Waals surface area (Å²) in [6.07, 6.45) is 7.82. The Morgan fingerprint density at radius 2 is 2.00 bits per heavy atom. The number of rotatable bonds is 7. The summed E-state index contributed by atoms with van der Waals surface area (Å²) >= 11 is 0. The lowest BCUT2D eigenvalue weighted by molar-refractivity contribution is -0.144. The highest BCUT2D eigenvalue weighted by atomic mass is 16.5. The van der Waals surface area contributed by atoms with E-state index in [0.717, 1.165) is 25.0 Å². The normalized spacial score (nSPS) is 19.8. The van der Waals surface area contributed by atoms with Crippen molar-refractivity contribution in [3.63, 3.8) is 0 Å². The highest BCUT2D eigenvalue weighted by molar-refractivity contribution is 5.86. The summed E-state index contributed by atoms with van der Waals surface area (Å²) in [5.74, 6) is 0.245. The first kappa shape index (κ1) is 17.9. The van der Waals surface area contributed by atoms with Gasteiger partial charge in [0.25, 0.3) is 0 Å². The van der Waals surface area contributed by atoms with E-state index in [4.69, 9.17) is 4.74 Å².